The van der Waals surface area contributed by atoms with E-state index in [4.69, 9.17) is 5.10 Å². The van der Waals surface area contributed by atoms with Gasteiger partial charge in [-0.3, -0.25) is 4.68 Å². The summed E-state index contributed by atoms with van der Waals surface area (Å²) in [7, 11) is 2.04. The molecule has 3 rings (SSSR count). The Hall–Kier alpha value is -1.97. The van der Waals surface area contributed by atoms with E-state index >= 15 is 0 Å². The Morgan fingerprint density at radius 1 is 1.17 bits per heavy atom. The number of nitrogens with one attached hydrogen (secondary N) is 1. The van der Waals surface area contributed by atoms with Crippen molar-refractivity contribution in [2.24, 2.45) is 7.05 Å². The van der Waals surface area contributed by atoms with Gasteiger partial charge in [0.15, 0.2) is 5.82 Å². The highest BCUT2D eigenvalue weighted by molar-refractivity contribution is 5.74. The van der Waals surface area contributed by atoms with Crippen LogP contribution in [0.25, 0.3) is 0 Å². The van der Waals surface area contributed by atoms with Gasteiger partial charge in [0.2, 0.25) is 0 Å². The van der Waals surface area contributed by atoms with Crippen molar-refractivity contribution >= 4 is 17.3 Å². The first-order valence-corrected chi connectivity index (χ1v) is 8.68. The van der Waals surface area contributed by atoms with E-state index in [2.05, 4.69) is 50.0 Å². The minimum absolute atomic E-state index is 0.995. The first-order chi connectivity index (χ1) is 11.0. The number of fused-ring (bicyclic) bond motifs is 1. The Bertz CT molecular complexity index is 691. The second-order valence-corrected chi connectivity index (χ2v) is 6.70. The summed E-state index contributed by atoms with van der Waals surface area (Å²) in [5.41, 5.74) is 6.70. The van der Waals surface area contributed by atoms with Crippen LogP contribution >= 0.6 is 0 Å². The van der Waals surface area contributed by atoms with E-state index in [0.717, 1.165) is 31.7 Å². The third-order valence-corrected chi connectivity index (χ3v) is 4.64. The lowest BCUT2D eigenvalue weighted by Crippen LogP contribution is -2.26. The number of hydrogen-bond donors (Lipinski definition) is 1. The molecule has 1 aromatic carbocycles. The molecule has 0 atom stereocenters. The molecule has 0 saturated heterocycles. The van der Waals surface area contributed by atoms with Crippen LogP contribution in [0.1, 0.15) is 42.0 Å². The average molecular weight is 312 g/mol. The van der Waals surface area contributed by atoms with Crippen molar-refractivity contribution in [2.45, 2.75) is 47.0 Å². The van der Waals surface area contributed by atoms with Crippen molar-refractivity contribution in [2.75, 3.05) is 23.3 Å². The Morgan fingerprint density at radius 2 is 1.87 bits per heavy atom. The lowest BCUT2D eigenvalue weighted by atomic mass is 10.0. The van der Waals surface area contributed by atoms with Crippen molar-refractivity contribution in [1.82, 2.24) is 9.78 Å². The molecule has 4 heteroatoms. The molecule has 1 aliphatic heterocycles. The maximum absolute atomic E-state index is 4.85. The van der Waals surface area contributed by atoms with Gasteiger partial charge in [-0.15, -0.1) is 0 Å². The molecule has 0 aliphatic carbocycles. The molecule has 0 unspecified atom stereocenters. The van der Waals surface area contributed by atoms with E-state index < -0.39 is 0 Å². The smallest absolute Gasteiger partial charge is 0.160 e. The largest absolute Gasteiger partial charge is 0.370 e. The van der Waals surface area contributed by atoms with Gasteiger partial charge >= 0.3 is 0 Å². The molecule has 1 aromatic heterocycles. The third kappa shape index (κ3) is 2.82. The first kappa shape index (κ1) is 15.9. The van der Waals surface area contributed by atoms with E-state index in [1.807, 2.05) is 11.7 Å². The van der Waals surface area contributed by atoms with Gasteiger partial charge in [-0.05, 0) is 51.2 Å². The maximum Gasteiger partial charge on any atom is 0.160 e. The zero-order valence-electron chi connectivity index (χ0n) is 15.0. The Morgan fingerprint density at radius 3 is 2.52 bits per heavy atom. The van der Waals surface area contributed by atoms with Crippen molar-refractivity contribution in [1.29, 1.82) is 0 Å². The van der Waals surface area contributed by atoms with Gasteiger partial charge in [-0.1, -0.05) is 24.6 Å². The zero-order chi connectivity index (χ0) is 16.6. The van der Waals surface area contributed by atoms with Crippen molar-refractivity contribution in [3.63, 3.8) is 0 Å². The summed E-state index contributed by atoms with van der Waals surface area (Å²) in [6.45, 7) is 10.8. The van der Waals surface area contributed by atoms with Crippen LogP contribution in [0.5, 0.6) is 0 Å². The number of benzene rings is 1. The van der Waals surface area contributed by atoms with Crippen molar-refractivity contribution in [3.8, 4) is 0 Å². The number of aryl methyl sites for hydroxylation is 4. The van der Waals surface area contributed by atoms with Crippen molar-refractivity contribution in [3.05, 3.63) is 34.4 Å². The highest BCUT2D eigenvalue weighted by Gasteiger charge is 2.27. The van der Waals surface area contributed by atoms with Gasteiger partial charge in [-0.25, -0.2) is 0 Å². The lowest BCUT2D eigenvalue weighted by molar-refractivity contribution is 0.740. The second-order valence-electron chi connectivity index (χ2n) is 6.70. The molecule has 0 spiro atoms. The molecular weight excluding hydrogens is 284 g/mol. The number of aromatic nitrogens is 2. The molecule has 1 N–H and O–H groups in total. The predicted molar refractivity (Wildman–Crippen MR) is 98.0 cm³/mol. The molecule has 4 nitrogen and oxygen atoms in total. The highest BCUT2D eigenvalue weighted by Crippen LogP contribution is 2.39. The number of anilines is 3. The molecule has 2 heterocycles. The summed E-state index contributed by atoms with van der Waals surface area (Å²) >= 11 is 0. The Labute approximate surface area is 139 Å². The molecule has 1 aliphatic rings. The van der Waals surface area contributed by atoms with E-state index in [0.29, 0.717) is 0 Å². The van der Waals surface area contributed by atoms with Crippen molar-refractivity contribution < 1.29 is 0 Å². The minimum atomic E-state index is 0.995. The van der Waals surface area contributed by atoms with Crippen LogP contribution in [0.4, 0.5) is 17.3 Å². The van der Waals surface area contributed by atoms with Gasteiger partial charge in [-0.2, -0.15) is 5.10 Å². The SMILES string of the molecule is CCCNc1c2c(nn1C)N(c1c(C)cc(C)cc1C)CCC2. The zero-order valence-corrected chi connectivity index (χ0v) is 15.0. The lowest BCUT2D eigenvalue weighted by Gasteiger charge is -2.30. The topological polar surface area (TPSA) is 33.1 Å². The maximum atomic E-state index is 4.85. The normalized spacial score (nSPS) is 14.0. The van der Waals surface area contributed by atoms with Crippen LogP contribution in [0.3, 0.4) is 0 Å². The highest BCUT2D eigenvalue weighted by atomic mass is 15.4. The van der Waals surface area contributed by atoms with E-state index in [1.54, 1.807) is 0 Å². The van der Waals surface area contributed by atoms with Gasteiger partial charge in [0.1, 0.15) is 5.82 Å². The predicted octanol–water partition coefficient (Wildman–Crippen LogP) is 4.25. The summed E-state index contributed by atoms with van der Waals surface area (Å²) in [6, 6.07) is 4.55. The summed E-state index contributed by atoms with van der Waals surface area (Å²) in [5, 5.41) is 8.40. The van der Waals surface area contributed by atoms with Gasteiger partial charge in [0, 0.05) is 31.4 Å². The summed E-state index contributed by atoms with van der Waals surface area (Å²) in [6.07, 6.45) is 3.40. The summed E-state index contributed by atoms with van der Waals surface area (Å²) in [4.78, 5) is 2.42. The Kier molecular flexibility index (Phi) is 4.33. The van der Waals surface area contributed by atoms with Crippen LogP contribution in [0.15, 0.2) is 12.1 Å². The number of nitrogens with zero attached hydrogens (tertiary/aromatic N) is 3. The molecule has 0 bridgehead atoms. The van der Waals surface area contributed by atoms with Gasteiger partial charge < -0.3 is 10.2 Å². The fourth-order valence-corrected chi connectivity index (χ4v) is 3.80. The standard InChI is InChI=1S/C19H28N4/c1-6-9-20-18-16-8-7-10-23(19(16)21-22(18)5)17-14(3)11-13(2)12-15(17)4/h11-12,20H,6-10H2,1-5H3. The average Bonchev–Trinajstić information content (AvgIpc) is 2.80. The number of hydrogen-bond acceptors (Lipinski definition) is 3. The van der Waals surface area contributed by atoms with Crippen LogP contribution in [0, 0.1) is 20.8 Å². The number of rotatable bonds is 4. The van der Waals surface area contributed by atoms with E-state index in [1.165, 1.54) is 40.2 Å². The monoisotopic (exact) mass is 312 g/mol. The molecule has 0 fully saturated rings. The first-order valence-electron chi connectivity index (χ1n) is 8.68. The van der Waals surface area contributed by atoms with Crippen LogP contribution < -0.4 is 10.2 Å². The molecule has 2 aromatic rings. The molecule has 0 saturated carbocycles. The Balaban J connectivity index is 2.06. The second kappa shape index (κ2) is 6.26. The molecule has 0 radical (unpaired) electrons. The molecule has 124 valence electrons. The fraction of sp³-hybridized carbons (Fsp3) is 0.526. The molecule has 0 amide bonds. The van der Waals surface area contributed by atoms with Crippen LogP contribution in [-0.2, 0) is 13.5 Å². The van der Waals surface area contributed by atoms with E-state index in [9.17, 15) is 0 Å². The van der Waals surface area contributed by atoms with Crippen LogP contribution in [-0.4, -0.2) is 22.9 Å². The van der Waals surface area contributed by atoms with Gasteiger partial charge in [0.25, 0.3) is 0 Å². The molecular formula is C19H28N4. The summed E-state index contributed by atoms with van der Waals surface area (Å²) < 4.78 is 2.01. The third-order valence-electron chi connectivity index (χ3n) is 4.64. The minimum Gasteiger partial charge on any atom is -0.370 e. The molecule has 23 heavy (non-hydrogen) atoms. The fourth-order valence-electron chi connectivity index (χ4n) is 3.80. The van der Waals surface area contributed by atoms with Crippen LogP contribution in [0.2, 0.25) is 0 Å². The quantitative estimate of drug-likeness (QED) is 0.916. The van der Waals surface area contributed by atoms with E-state index in [-0.39, 0.29) is 0 Å². The van der Waals surface area contributed by atoms with Gasteiger partial charge in [0.05, 0.1) is 0 Å². The summed E-state index contributed by atoms with van der Waals surface area (Å²) in [5.74, 6) is 2.32.